The Hall–Kier alpha value is -2.14. The highest BCUT2D eigenvalue weighted by Crippen LogP contribution is 2.16. The lowest BCUT2D eigenvalue weighted by Gasteiger charge is -2.09. The average molecular weight is 305 g/mol. The Balaban J connectivity index is 1.79. The lowest BCUT2D eigenvalue weighted by atomic mass is 10.2. The Morgan fingerprint density at radius 1 is 1.05 bits per heavy atom. The zero-order valence-corrected chi connectivity index (χ0v) is 12.5. The summed E-state index contributed by atoms with van der Waals surface area (Å²) < 4.78 is 24.1. The average Bonchev–Trinajstić information content (AvgIpc) is 2.47. The molecular weight excluding hydrogens is 289 g/mol. The third kappa shape index (κ3) is 4.43. The number of ether oxygens (including phenoxy) is 2. The molecule has 0 atom stereocenters. The fraction of sp³-hybridized carbons (Fsp3) is 0.188. The maximum absolute atomic E-state index is 13.1. The highest BCUT2D eigenvalue weighted by atomic mass is 32.1. The van der Waals surface area contributed by atoms with Crippen molar-refractivity contribution >= 4 is 17.2 Å². The molecule has 2 N–H and O–H groups in total. The molecule has 0 aromatic heterocycles. The Kier molecular flexibility index (Phi) is 5.11. The van der Waals surface area contributed by atoms with Gasteiger partial charge < -0.3 is 15.2 Å². The summed E-state index contributed by atoms with van der Waals surface area (Å²) in [6.07, 6.45) is 0. The first-order chi connectivity index (χ1) is 10.1. The molecule has 5 heteroatoms. The number of hydrogen-bond donors (Lipinski definition) is 1. The van der Waals surface area contributed by atoms with Gasteiger partial charge in [-0.25, -0.2) is 4.39 Å². The molecular formula is C16H16FNO2S. The molecule has 0 saturated carbocycles. The molecule has 0 heterocycles. The summed E-state index contributed by atoms with van der Waals surface area (Å²) in [7, 11) is 0. The normalized spacial score (nSPS) is 10.2. The number of aryl methyl sites for hydroxylation is 1. The molecule has 0 aliphatic heterocycles. The fourth-order valence-corrected chi connectivity index (χ4v) is 1.88. The largest absolute Gasteiger partial charge is 0.490 e. The van der Waals surface area contributed by atoms with Crippen LogP contribution in [0, 0.1) is 12.7 Å². The molecule has 0 spiro atoms. The van der Waals surface area contributed by atoms with Gasteiger partial charge in [-0.1, -0.05) is 12.2 Å². The van der Waals surface area contributed by atoms with Gasteiger partial charge in [-0.05, 0) is 55.0 Å². The van der Waals surface area contributed by atoms with Crippen LogP contribution in [0.25, 0.3) is 0 Å². The predicted octanol–water partition coefficient (Wildman–Crippen LogP) is 3.23. The van der Waals surface area contributed by atoms with Gasteiger partial charge in [0, 0.05) is 5.56 Å². The van der Waals surface area contributed by atoms with E-state index in [4.69, 9.17) is 27.4 Å². The van der Waals surface area contributed by atoms with E-state index in [1.54, 1.807) is 31.2 Å². The van der Waals surface area contributed by atoms with Gasteiger partial charge in [0.2, 0.25) is 0 Å². The molecule has 2 aromatic rings. The zero-order valence-electron chi connectivity index (χ0n) is 11.6. The molecule has 0 fully saturated rings. The first-order valence-corrected chi connectivity index (χ1v) is 6.89. The number of hydrogen-bond acceptors (Lipinski definition) is 3. The molecule has 0 amide bonds. The minimum atomic E-state index is -0.239. The lowest BCUT2D eigenvalue weighted by molar-refractivity contribution is 0.217. The molecule has 0 unspecified atom stereocenters. The van der Waals surface area contributed by atoms with Crippen molar-refractivity contribution in [2.24, 2.45) is 5.73 Å². The third-order valence-electron chi connectivity index (χ3n) is 2.89. The van der Waals surface area contributed by atoms with Crippen molar-refractivity contribution in [2.45, 2.75) is 6.92 Å². The molecule has 0 radical (unpaired) electrons. The van der Waals surface area contributed by atoms with E-state index in [9.17, 15) is 4.39 Å². The molecule has 110 valence electrons. The van der Waals surface area contributed by atoms with E-state index >= 15 is 0 Å². The van der Waals surface area contributed by atoms with Crippen LogP contribution in [-0.2, 0) is 0 Å². The second-order valence-corrected chi connectivity index (χ2v) is 4.94. The Bertz CT molecular complexity index is 629. The quantitative estimate of drug-likeness (QED) is 0.657. The number of thiocarbonyl (C=S) groups is 1. The topological polar surface area (TPSA) is 44.5 Å². The summed E-state index contributed by atoms with van der Waals surface area (Å²) in [5.41, 5.74) is 6.88. The van der Waals surface area contributed by atoms with Crippen molar-refractivity contribution in [3.63, 3.8) is 0 Å². The molecule has 0 aliphatic carbocycles. The van der Waals surface area contributed by atoms with Crippen LogP contribution in [0.15, 0.2) is 42.5 Å². The van der Waals surface area contributed by atoms with Crippen molar-refractivity contribution < 1.29 is 13.9 Å². The van der Waals surface area contributed by atoms with E-state index in [-0.39, 0.29) is 5.82 Å². The van der Waals surface area contributed by atoms with Crippen molar-refractivity contribution in [1.82, 2.24) is 0 Å². The summed E-state index contributed by atoms with van der Waals surface area (Å²) >= 11 is 4.88. The summed E-state index contributed by atoms with van der Waals surface area (Å²) in [4.78, 5) is 0.358. The Morgan fingerprint density at radius 2 is 1.62 bits per heavy atom. The van der Waals surface area contributed by atoms with Gasteiger partial charge in [0.25, 0.3) is 0 Å². The van der Waals surface area contributed by atoms with Crippen LogP contribution >= 0.6 is 12.2 Å². The molecule has 2 rings (SSSR count). The SMILES string of the molecule is Cc1cc(OCCOc2ccc(C(N)=S)cc2)ccc1F. The summed E-state index contributed by atoms with van der Waals surface area (Å²) in [6, 6.07) is 11.9. The van der Waals surface area contributed by atoms with Gasteiger partial charge >= 0.3 is 0 Å². The molecule has 3 nitrogen and oxygen atoms in total. The lowest BCUT2D eigenvalue weighted by Crippen LogP contribution is -2.10. The van der Waals surface area contributed by atoms with Gasteiger partial charge in [0.15, 0.2) is 0 Å². The first kappa shape index (κ1) is 15.3. The smallest absolute Gasteiger partial charge is 0.126 e. The zero-order chi connectivity index (χ0) is 15.2. The molecule has 0 saturated heterocycles. The van der Waals surface area contributed by atoms with Crippen molar-refractivity contribution in [3.8, 4) is 11.5 Å². The van der Waals surface area contributed by atoms with E-state index < -0.39 is 0 Å². The van der Waals surface area contributed by atoms with Gasteiger partial charge in [-0.3, -0.25) is 0 Å². The van der Waals surface area contributed by atoms with E-state index in [2.05, 4.69) is 0 Å². The Morgan fingerprint density at radius 3 is 2.19 bits per heavy atom. The molecule has 0 aliphatic rings. The van der Waals surface area contributed by atoms with Crippen LogP contribution in [0.4, 0.5) is 4.39 Å². The first-order valence-electron chi connectivity index (χ1n) is 6.48. The molecule has 2 aromatic carbocycles. The van der Waals surface area contributed by atoms with Crippen LogP contribution < -0.4 is 15.2 Å². The maximum atomic E-state index is 13.1. The monoisotopic (exact) mass is 305 g/mol. The Labute approximate surface area is 128 Å². The van der Waals surface area contributed by atoms with Crippen LogP contribution in [-0.4, -0.2) is 18.2 Å². The standard InChI is InChI=1S/C16H16FNO2S/c1-11-10-14(6-7-15(11)17)20-9-8-19-13-4-2-12(3-5-13)16(18)21/h2-7,10H,8-9H2,1H3,(H2,18,21). The van der Waals surface area contributed by atoms with Gasteiger partial charge in [-0.15, -0.1) is 0 Å². The summed E-state index contributed by atoms with van der Waals surface area (Å²) in [5, 5.41) is 0. The highest BCUT2D eigenvalue weighted by Gasteiger charge is 2.01. The number of benzene rings is 2. The maximum Gasteiger partial charge on any atom is 0.126 e. The van der Waals surface area contributed by atoms with Crippen molar-refractivity contribution in [3.05, 3.63) is 59.4 Å². The van der Waals surface area contributed by atoms with Gasteiger partial charge in [0.05, 0.1) is 0 Å². The van der Waals surface area contributed by atoms with Crippen LogP contribution in [0.1, 0.15) is 11.1 Å². The van der Waals surface area contributed by atoms with E-state index in [0.717, 1.165) is 5.56 Å². The van der Waals surface area contributed by atoms with Crippen LogP contribution in [0.5, 0.6) is 11.5 Å². The minimum Gasteiger partial charge on any atom is -0.490 e. The van der Waals surface area contributed by atoms with Crippen molar-refractivity contribution in [2.75, 3.05) is 13.2 Å². The van der Waals surface area contributed by atoms with Crippen molar-refractivity contribution in [1.29, 1.82) is 0 Å². The minimum absolute atomic E-state index is 0.239. The predicted molar refractivity (Wildman–Crippen MR) is 84.5 cm³/mol. The molecule has 21 heavy (non-hydrogen) atoms. The fourth-order valence-electron chi connectivity index (χ4n) is 1.74. The second kappa shape index (κ2) is 7.04. The summed E-state index contributed by atoms with van der Waals surface area (Å²) in [5.74, 6) is 1.10. The summed E-state index contributed by atoms with van der Waals surface area (Å²) in [6.45, 7) is 2.47. The number of nitrogens with two attached hydrogens (primary N) is 1. The van der Waals surface area contributed by atoms with E-state index in [1.807, 2.05) is 12.1 Å². The van der Waals surface area contributed by atoms with Crippen LogP contribution in [0.3, 0.4) is 0 Å². The number of rotatable bonds is 6. The highest BCUT2D eigenvalue weighted by molar-refractivity contribution is 7.80. The van der Waals surface area contributed by atoms with Gasteiger partial charge in [0.1, 0.15) is 35.5 Å². The van der Waals surface area contributed by atoms with E-state index in [1.165, 1.54) is 6.07 Å². The molecule has 0 bridgehead atoms. The number of halogens is 1. The van der Waals surface area contributed by atoms with Crippen LogP contribution in [0.2, 0.25) is 0 Å². The van der Waals surface area contributed by atoms with E-state index in [0.29, 0.717) is 35.3 Å². The van der Waals surface area contributed by atoms with Gasteiger partial charge in [-0.2, -0.15) is 0 Å². The second-order valence-electron chi connectivity index (χ2n) is 4.50. The third-order valence-corrected chi connectivity index (χ3v) is 3.12.